The van der Waals surface area contributed by atoms with Crippen molar-refractivity contribution >= 4 is 11.6 Å². The molecular formula is C15H26ClN3O2. The zero-order chi connectivity index (χ0) is 15.4. The van der Waals surface area contributed by atoms with Gasteiger partial charge in [-0.1, -0.05) is 25.4 Å². The largest absolute Gasteiger partial charge is 0.390 e. The van der Waals surface area contributed by atoms with Crippen molar-refractivity contribution in [2.24, 2.45) is 0 Å². The molecule has 1 aliphatic heterocycles. The third kappa shape index (κ3) is 3.77. The Labute approximate surface area is 131 Å². The van der Waals surface area contributed by atoms with E-state index in [1.165, 1.54) is 0 Å². The van der Waals surface area contributed by atoms with Gasteiger partial charge in [-0.3, -0.25) is 9.58 Å². The van der Waals surface area contributed by atoms with Gasteiger partial charge >= 0.3 is 0 Å². The number of halogens is 1. The molecule has 1 fully saturated rings. The Kier molecular flexibility index (Phi) is 6.05. The fourth-order valence-electron chi connectivity index (χ4n) is 2.79. The average molecular weight is 316 g/mol. The summed E-state index contributed by atoms with van der Waals surface area (Å²) in [5, 5.41) is 15.7. The van der Waals surface area contributed by atoms with Crippen LogP contribution in [0.2, 0.25) is 5.02 Å². The zero-order valence-electron chi connectivity index (χ0n) is 13.2. The molecule has 2 heterocycles. The monoisotopic (exact) mass is 315 g/mol. The van der Waals surface area contributed by atoms with E-state index in [-0.39, 0.29) is 6.10 Å². The highest BCUT2D eigenvalue weighted by Crippen LogP contribution is 2.24. The number of aliphatic hydroxyl groups is 1. The molecule has 1 N–H and O–H groups in total. The maximum absolute atomic E-state index is 10.5. The minimum Gasteiger partial charge on any atom is -0.390 e. The molecule has 21 heavy (non-hydrogen) atoms. The van der Waals surface area contributed by atoms with Gasteiger partial charge in [0.25, 0.3) is 0 Å². The third-order valence-electron chi connectivity index (χ3n) is 4.15. The molecule has 0 aromatic carbocycles. The number of aromatic nitrogens is 2. The summed E-state index contributed by atoms with van der Waals surface area (Å²) in [4.78, 5) is 2.30. The molecule has 2 unspecified atom stereocenters. The second kappa shape index (κ2) is 7.58. The first-order valence-electron chi connectivity index (χ1n) is 7.86. The molecule has 0 bridgehead atoms. The molecule has 6 heteroatoms. The molecule has 0 spiro atoms. The van der Waals surface area contributed by atoms with Gasteiger partial charge in [-0.15, -0.1) is 0 Å². The van der Waals surface area contributed by atoms with Crippen LogP contribution in [0.4, 0.5) is 0 Å². The van der Waals surface area contributed by atoms with Crippen LogP contribution in [-0.4, -0.2) is 58.2 Å². The van der Waals surface area contributed by atoms with Gasteiger partial charge in [0.15, 0.2) is 0 Å². The van der Waals surface area contributed by atoms with Crippen molar-refractivity contribution in [3.63, 3.8) is 0 Å². The first-order valence-corrected chi connectivity index (χ1v) is 8.24. The number of aryl methyl sites for hydroxylation is 2. The summed E-state index contributed by atoms with van der Waals surface area (Å²) in [5.74, 6) is 0. The number of morpholine rings is 1. The minimum atomic E-state index is -0.552. The highest BCUT2D eigenvalue weighted by molar-refractivity contribution is 6.31. The standard InChI is InChI=1S/C15H26ClN3O2/c1-4-11-15(16)12(19(6-3)17-11)9-13(20)14-10-18(5-2)7-8-21-14/h13-14,20H,4-10H2,1-3H3. The van der Waals surface area contributed by atoms with Gasteiger partial charge in [-0.2, -0.15) is 5.10 Å². The van der Waals surface area contributed by atoms with Gasteiger partial charge in [-0.05, 0) is 19.9 Å². The second-order valence-corrected chi connectivity index (χ2v) is 5.83. The van der Waals surface area contributed by atoms with Crippen molar-refractivity contribution in [2.45, 2.75) is 52.4 Å². The average Bonchev–Trinajstić information content (AvgIpc) is 2.83. The fourth-order valence-corrected chi connectivity index (χ4v) is 3.14. The van der Waals surface area contributed by atoms with Crippen molar-refractivity contribution in [1.29, 1.82) is 0 Å². The maximum atomic E-state index is 10.5. The summed E-state index contributed by atoms with van der Waals surface area (Å²) >= 11 is 6.40. The van der Waals surface area contributed by atoms with E-state index in [2.05, 4.69) is 16.9 Å². The first-order chi connectivity index (χ1) is 10.1. The number of hydrogen-bond acceptors (Lipinski definition) is 4. The summed E-state index contributed by atoms with van der Waals surface area (Å²) in [5.41, 5.74) is 1.82. The topological polar surface area (TPSA) is 50.5 Å². The van der Waals surface area contributed by atoms with E-state index in [0.717, 1.165) is 44.0 Å². The lowest BCUT2D eigenvalue weighted by atomic mass is 10.1. The normalized spacial score (nSPS) is 21.7. The molecule has 1 aromatic heterocycles. The Morgan fingerprint density at radius 3 is 2.76 bits per heavy atom. The molecule has 0 saturated carbocycles. The van der Waals surface area contributed by atoms with Crippen LogP contribution < -0.4 is 0 Å². The van der Waals surface area contributed by atoms with E-state index < -0.39 is 6.10 Å². The molecule has 120 valence electrons. The van der Waals surface area contributed by atoms with E-state index in [1.807, 2.05) is 18.5 Å². The molecule has 0 radical (unpaired) electrons. The summed E-state index contributed by atoms with van der Waals surface area (Å²) in [6.45, 7) is 10.3. The van der Waals surface area contributed by atoms with E-state index in [9.17, 15) is 5.11 Å². The Hall–Kier alpha value is -0.620. The zero-order valence-corrected chi connectivity index (χ0v) is 13.9. The van der Waals surface area contributed by atoms with Crippen LogP contribution >= 0.6 is 11.6 Å². The van der Waals surface area contributed by atoms with Crippen LogP contribution in [0, 0.1) is 0 Å². The molecule has 2 rings (SSSR count). The second-order valence-electron chi connectivity index (χ2n) is 5.45. The van der Waals surface area contributed by atoms with Gasteiger partial charge in [-0.25, -0.2) is 0 Å². The third-order valence-corrected chi connectivity index (χ3v) is 4.59. The summed E-state index contributed by atoms with van der Waals surface area (Å²) in [7, 11) is 0. The maximum Gasteiger partial charge on any atom is 0.0964 e. The smallest absolute Gasteiger partial charge is 0.0964 e. The lowest BCUT2D eigenvalue weighted by molar-refractivity contribution is -0.0871. The summed E-state index contributed by atoms with van der Waals surface area (Å²) in [6, 6.07) is 0. The van der Waals surface area contributed by atoms with Crippen LogP contribution in [0.3, 0.4) is 0 Å². The molecular weight excluding hydrogens is 290 g/mol. The summed E-state index contributed by atoms with van der Waals surface area (Å²) < 4.78 is 7.62. The molecule has 2 atom stereocenters. The van der Waals surface area contributed by atoms with Crippen LogP contribution in [0.25, 0.3) is 0 Å². The number of likely N-dealkylation sites (N-methyl/N-ethyl adjacent to an activating group) is 1. The van der Waals surface area contributed by atoms with Crippen molar-refractivity contribution in [2.75, 3.05) is 26.2 Å². The summed E-state index contributed by atoms with van der Waals surface area (Å²) in [6.07, 6.45) is 0.587. The molecule has 1 aliphatic rings. The fraction of sp³-hybridized carbons (Fsp3) is 0.800. The van der Waals surface area contributed by atoms with Gasteiger partial charge in [0, 0.05) is 26.1 Å². The SMILES string of the molecule is CCc1nn(CC)c(CC(O)C2CN(CC)CCO2)c1Cl. The number of rotatable bonds is 6. The van der Waals surface area contributed by atoms with Gasteiger partial charge in [0.05, 0.1) is 35.2 Å². The molecule has 1 saturated heterocycles. The Bertz CT molecular complexity index is 464. The van der Waals surface area contributed by atoms with E-state index in [1.54, 1.807) is 0 Å². The Balaban J connectivity index is 2.08. The lowest BCUT2D eigenvalue weighted by Gasteiger charge is -2.34. The van der Waals surface area contributed by atoms with Gasteiger partial charge in [0.1, 0.15) is 0 Å². The van der Waals surface area contributed by atoms with Gasteiger partial charge < -0.3 is 9.84 Å². The number of ether oxygens (including phenoxy) is 1. The van der Waals surface area contributed by atoms with E-state index in [0.29, 0.717) is 18.1 Å². The number of aliphatic hydroxyl groups excluding tert-OH is 1. The van der Waals surface area contributed by atoms with Crippen LogP contribution in [0.5, 0.6) is 0 Å². The van der Waals surface area contributed by atoms with E-state index in [4.69, 9.17) is 16.3 Å². The lowest BCUT2D eigenvalue weighted by Crippen LogP contribution is -2.48. The number of nitrogens with zero attached hydrogens (tertiary/aromatic N) is 3. The predicted molar refractivity (Wildman–Crippen MR) is 83.9 cm³/mol. The Morgan fingerprint density at radius 1 is 1.38 bits per heavy atom. The quantitative estimate of drug-likeness (QED) is 0.869. The van der Waals surface area contributed by atoms with Crippen molar-refractivity contribution < 1.29 is 9.84 Å². The molecule has 1 aromatic rings. The van der Waals surface area contributed by atoms with Crippen molar-refractivity contribution in [1.82, 2.24) is 14.7 Å². The first kappa shape index (κ1) is 16.7. The van der Waals surface area contributed by atoms with Crippen molar-refractivity contribution in [3.8, 4) is 0 Å². The minimum absolute atomic E-state index is 0.153. The number of hydrogen-bond donors (Lipinski definition) is 1. The van der Waals surface area contributed by atoms with Crippen LogP contribution in [-0.2, 0) is 24.1 Å². The van der Waals surface area contributed by atoms with Crippen molar-refractivity contribution in [3.05, 3.63) is 16.4 Å². The van der Waals surface area contributed by atoms with Crippen LogP contribution in [0.15, 0.2) is 0 Å². The van der Waals surface area contributed by atoms with Crippen LogP contribution in [0.1, 0.15) is 32.2 Å². The highest BCUT2D eigenvalue weighted by Gasteiger charge is 2.28. The molecule has 5 nitrogen and oxygen atoms in total. The Morgan fingerprint density at radius 2 is 2.14 bits per heavy atom. The molecule has 0 aliphatic carbocycles. The molecule has 0 amide bonds. The van der Waals surface area contributed by atoms with E-state index >= 15 is 0 Å². The van der Waals surface area contributed by atoms with Gasteiger partial charge in [0.2, 0.25) is 0 Å². The highest BCUT2D eigenvalue weighted by atomic mass is 35.5. The predicted octanol–water partition coefficient (Wildman–Crippen LogP) is 1.74.